The Labute approximate surface area is 102 Å². The number of nitrogens with zero attached hydrogens (tertiary/aromatic N) is 1. The Balaban J connectivity index is 4.41. The summed E-state index contributed by atoms with van der Waals surface area (Å²) in [6.45, 7) is 14.1. The summed E-state index contributed by atoms with van der Waals surface area (Å²) in [6, 6.07) is 1.61. The van der Waals surface area contributed by atoms with Crippen LogP contribution < -0.4 is 5.32 Å². The van der Waals surface area contributed by atoms with E-state index in [1.807, 2.05) is 0 Å². The third kappa shape index (κ3) is 4.81. The van der Waals surface area contributed by atoms with E-state index in [4.69, 9.17) is 4.74 Å². The van der Waals surface area contributed by atoms with E-state index in [0.29, 0.717) is 18.1 Å². The number of likely N-dealkylation sites (N-methyl/N-ethyl adjacent to an activating group) is 2. The highest BCUT2D eigenvalue weighted by Gasteiger charge is 2.24. The van der Waals surface area contributed by atoms with Gasteiger partial charge in [-0.15, -0.1) is 0 Å². The summed E-state index contributed by atoms with van der Waals surface area (Å²) in [7, 11) is 1.77. The standard InChI is InChI=1S/C13H30N2O/c1-7-13(14-8-2)12(5)15(9-3)11(4)10-16-6/h11-14H,7-10H2,1-6H3. The molecule has 0 aliphatic carbocycles. The predicted octanol–water partition coefficient (Wildman–Crippen LogP) is 2.12. The van der Waals surface area contributed by atoms with Gasteiger partial charge in [-0.05, 0) is 33.4 Å². The average Bonchev–Trinajstić information content (AvgIpc) is 2.27. The van der Waals surface area contributed by atoms with Crippen LogP contribution in [0.15, 0.2) is 0 Å². The summed E-state index contributed by atoms with van der Waals surface area (Å²) in [5.41, 5.74) is 0. The average molecular weight is 230 g/mol. The zero-order chi connectivity index (χ0) is 12.6. The highest BCUT2D eigenvalue weighted by Crippen LogP contribution is 2.11. The Morgan fingerprint density at radius 1 is 1.19 bits per heavy atom. The van der Waals surface area contributed by atoms with Gasteiger partial charge >= 0.3 is 0 Å². The second-order valence-electron chi connectivity index (χ2n) is 4.45. The quantitative estimate of drug-likeness (QED) is 0.656. The Kier molecular flexibility index (Phi) is 8.90. The minimum Gasteiger partial charge on any atom is -0.383 e. The maximum Gasteiger partial charge on any atom is 0.0615 e. The van der Waals surface area contributed by atoms with Crippen molar-refractivity contribution in [3.8, 4) is 0 Å². The van der Waals surface area contributed by atoms with Crippen molar-refractivity contribution in [2.24, 2.45) is 0 Å². The molecule has 0 bridgehead atoms. The number of hydrogen-bond donors (Lipinski definition) is 1. The van der Waals surface area contributed by atoms with Crippen LogP contribution in [0.25, 0.3) is 0 Å². The van der Waals surface area contributed by atoms with Crippen LogP contribution in [0.3, 0.4) is 0 Å². The minimum absolute atomic E-state index is 0.484. The molecule has 3 unspecified atom stereocenters. The van der Waals surface area contributed by atoms with Crippen LogP contribution in [-0.2, 0) is 4.74 Å². The monoisotopic (exact) mass is 230 g/mol. The van der Waals surface area contributed by atoms with E-state index in [-0.39, 0.29) is 0 Å². The zero-order valence-corrected chi connectivity index (χ0v) is 11.9. The van der Waals surface area contributed by atoms with Gasteiger partial charge in [0.2, 0.25) is 0 Å². The SMILES string of the molecule is CCNC(CC)C(C)N(CC)C(C)COC. The van der Waals surface area contributed by atoms with Crippen LogP contribution >= 0.6 is 0 Å². The molecule has 0 heterocycles. The van der Waals surface area contributed by atoms with E-state index in [1.165, 1.54) is 6.42 Å². The summed E-state index contributed by atoms with van der Waals surface area (Å²) in [5.74, 6) is 0. The number of nitrogens with one attached hydrogen (secondary N) is 1. The summed E-state index contributed by atoms with van der Waals surface area (Å²) in [5, 5.41) is 3.56. The van der Waals surface area contributed by atoms with Crippen molar-refractivity contribution >= 4 is 0 Å². The minimum atomic E-state index is 0.484. The molecule has 0 aromatic rings. The van der Waals surface area contributed by atoms with Gasteiger partial charge in [-0.3, -0.25) is 4.90 Å². The van der Waals surface area contributed by atoms with Crippen molar-refractivity contribution in [1.29, 1.82) is 0 Å². The molecule has 0 rings (SSSR count). The van der Waals surface area contributed by atoms with E-state index < -0.39 is 0 Å². The van der Waals surface area contributed by atoms with E-state index in [0.717, 1.165) is 19.7 Å². The molecule has 0 aromatic heterocycles. The Morgan fingerprint density at radius 3 is 2.19 bits per heavy atom. The Morgan fingerprint density at radius 2 is 1.81 bits per heavy atom. The first kappa shape index (κ1) is 15.9. The number of hydrogen-bond acceptors (Lipinski definition) is 3. The van der Waals surface area contributed by atoms with Crippen LogP contribution in [0.2, 0.25) is 0 Å². The third-order valence-electron chi connectivity index (χ3n) is 3.35. The topological polar surface area (TPSA) is 24.5 Å². The number of ether oxygens (including phenoxy) is 1. The van der Waals surface area contributed by atoms with Crippen molar-refractivity contribution < 1.29 is 4.74 Å². The molecule has 0 amide bonds. The normalized spacial score (nSPS) is 17.4. The third-order valence-corrected chi connectivity index (χ3v) is 3.35. The molecule has 0 saturated carbocycles. The van der Waals surface area contributed by atoms with Gasteiger partial charge in [0.05, 0.1) is 6.61 Å². The summed E-state index contributed by atoms with van der Waals surface area (Å²) < 4.78 is 5.25. The fourth-order valence-corrected chi connectivity index (χ4v) is 2.49. The molecular weight excluding hydrogens is 200 g/mol. The fourth-order valence-electron chi connectivity index (χ4n) is 2.49. The number of methoxy groups -OCH3 is 1. The first-order valence-electron chi connectivity index (χ1n) is 6.60. The van der Waals surface area contributed by atoms with Gasteiger partial charge in [0.1, 0.15) is 0 Å². The van der Waals surface area contributed by atoms with Crippen molar-refractivity contribution in [3.05, 3.63) is 0 Å². The van der Waals surface area contributed by atoms with Gasteiger partial charge in [0.15, 0.2) is 0 Å². The summed E-state index contributed by atoms with van der Waals surface area (Å²) >= 11 is 0. The van der Waals surface area contributed by atoms with Crippen LogP contribution in [0.5, 0.6) is 0 Å². The molecule has 16 heavy (non-hydrogen) atoms. The summed E-state index contributed by atoms with van der Waals surface area (Å²) in [6.07, 6.45) is 1.17. The second-order valence-corrected chi connectivity index (χ2v) is 4.45. The highest BCUT2D eigenvalue weighted by atomic mass is 16.5. The maximum atomic E-state index is 5.25. The van der Waals surface area contributed by atoms with Gasteiger partial charge in [-0.1, -0.05) is 20.8 Å². The van der Waals surface area contributed by atoms with Gasteiger partial charge < -0.3 is 10.1 Å². The Bertz CT molecular complexity index is 164. The van der Waals surface area contributed by atoms with Crippen LogP contribution in [0, 0.1) is 0 Å². The Hall–Kier alpha value is -0.120. The van der Waals surface area contributed by atoms with E-state index >= 15 is 0 Å². The van der Waals surface area contributed by atoms with E-state index in [1.54, 1.807) is 7.11 Å². The molecule has 0 saturated heterocycles. The molecule has 0 aromatic carbocycles. The molecular formula is C13H30N2O. The number of rotatable bonds is 9. The molecule has 3 nitrogen and oxygen atoms in total. The molecule has 0 spiro atoms. The maximum absolute atomic E-state index is 5.25. The lowest BCUT2D eigenvalue weighted by Crippen LogP contribution is -2.52. The van der Waals surface area contributed by atoms with Crippen LogP contribution in [0.4, 0.5) is 0 Å². The lowest BCUT2D eigenvalue weighted by molar-refractivity contribution is 0.0646. The zero-order valence-electron chi connectivity index (χ0n) is 11.9. The second kappa shape index (κ2) is 8.97. The smallest absolute Gasteiger partial charge is 0.0615 e. The molecule has 98 valence electrons. The van der Waals surface area contributed by atoms with Crippen molar-refractivity contribution in [2.45, 2.75) is 59.2 Å². The van der Waals surface area contributed by atoms with Crippen LogP contribution in [0.1, 0.15) is 41.0 Å². The molecule has 0 fully saturated rings. The fraction of sp³-hybridized carbons (Fsp3) is 1.00. The van der Waals surface area contributed by atoms with Gasteiger partial charge in [0, 0.05) is 25.2 Å². The first-order valence-corrected chi connectivity index (χ1v) is 6.60. The van der Waals surface area contributed by atoms with E-state index in [2.05, 4.69) is 44.8 Å². The van der Waals surface area contributed by atoms with Gasteiger partial charge in [-0.2, -0.15) is 0 Å². The summed E-state index contributed by atoms with van der Waals surface area (Å²) in [4.78, 5) is 2.51. The highest BCUT2D eigenvalue weighted by molar-refractivity contribution is 4.82. The van der Waals surface area contributed by atoms with Crippen molar-refractivity contribution in [3.63, 3.8) is 0 Å². The van der Waals surface area contributed by atoms with E-state index in [9.17, 15) is 0 Å². The molecule has 0 aliphatic rings. The van der Waals surface area contributed by atoms with Gasteiger partial charge in [0.25, 0.3) is 0 Å². The molecule has 3 atom stereocenters. The predicted molar refractivity (Wildman–Crippen MR) is 70.9 cm³/mol. The largest absolute Gasteiger partial charge is 0.383 e. The van der Waals surface area contributed by atoms with Gasteiger partial charge in [-0.25, -0.2) is 0 Å². The molecule has 0 aliphatic heterocycles. The molecule has 1 N–H and O–H groups in total. The molecule has 3 heteroatoms. The molecule has 0 radical (unpaired) electrons. The van der Waals surface area contributed by atoms with Crippen molar-refractivity contribution in [1.82, 2.24) is 10.2 Å². The van der Waals surface area contributed by atoms with Crippen molar-refractivity contribution in [2.75, 3.05) is 26.8 Å². The lowest BCUT2D eigenvalue weighted by atomic mass is 10.0. The lowest BCUT2D eigenvalue weighted by Gasteiger charge is -2.38. The van der Waals surface area contributed by atoms with Crippen LogP contribution in [-0.4, -0.2) is 49.8 Å². The first-order chi connectivity index (χ1) is 7.62.